The molecule has 0 aliphatic carbocycles. The van der Waals surface area contributed by atoms with E-state index in [0.29, 0.717) is 36.6 Å². The lowest BCUT2D eigenvalue weighted by molar-refractivity contribution is -0.141. The second kappa shape index (κ2) is 15.2. The van der Waals surface area contributed by atoms with E-state index >= 15 is 9.59 Å². The first-order valence-corrected chi connectivity index (χ1v) is 19.4. The van der Waals surface area contributed by atoms with Crippen LogP contribution in [0.1, 0.15) is 25.8 Å². The Morgan fingerprint density at radius 2 is 1.57 bits per heavy atom. The molecule has 8 nitrogen and oxygen atoms in total. The molecule has 3 heterocycles. The molecule has 0 radical (unpaired) electrons. The summed E-state index contributed by atoms with van der Waals surface area (Å²) in [5.41, 5.74) is 2.34. The highest BCUT2D eigenvalue weighted by Gasteiger charge is 2.77. The number of likely N-dealkylation sites (tertiary alicyclic amines) is 1. The van der Waals surface area contributed by atoms with Gasteiger partial charge in [-0.1, -0.05) is 79.7 Å². The monoisotopic (exact) mass is 729 g/mol. The zero-order valence-electron chi connectivity index (χ0n) is 30.3. The van der Waals surface area contributed by atoms with Gasteiger partial charge < -0.3 is 24.5 Å². The van der Waals surface area contributed by atoms with E-state index in [0.717, 1.165) is 16.3 Å². The fourth-order valence-electron chi connectivity index (χ4n) is 9.02. The standard InChI is InChI=1S/C44H47N3O5S/c1-5-23-45(33-19-21-36(22-20-33)52-7-3)41(49)38-37-25-29(4)44(53-37)39(38)42(50)47(35(28-48)26-30-13-9-8-10-14-30)40(44)43(51)46(24-6-2)34-18-17-31-15-11-12-16-32(31)27-34/h5-6,8-22,27,29,35,37-40,48H,1-2,7,23-26,28H2,3-4H3/t29?,35-,37-,38+,39+,40?,44?/m1/s1. The summed E-state index contributed by atoms with van der Waals surface area (Å²) in [6.45, 7) is 12.7. The molecule has 4 aromatic carbocycles. The molecular weight excluding hydrogens is 683 g/mol. The number of carbonyl (C=O) groups excluding carboxylic acids is 3. The highest BCUT2D eigenvalue weighted by molar-refractivity contribution is 8.02. The molecule has 3 amide bonds. The quantitative estimate of drug-likeness (QED) is 0.142. The smallest absolute Gasteiger partial charge is 0.251 e. The van der Waals surface area contributed by atoms with Gasteiger partial charge in [0.05, 0.1) is 35.8 Å². The van der Waals surface area contributed by atoms with Crippen molar-refractivity contribution in [2.45, 2.75) is 48.8 Å². The Morgan fingerprint density at radius 3 is 2.23 bits per heavy atom. The summed E-state index contributed by atoms with van der Waals surface area (Å²) < 4.78 is 4.76. The van der Waals surface area contributed by atoms with Crippen LogP contribution in [0, 0.1) is 17.8 Å². The summed E-state index contributed by atoms with van der Waals surface area (Å²) in [4.78, 5) is 50.7. The average molecular weight is 730 g/mol. The normalized spacial score (nSPS) is 24.8. The van der Waals surface area contributed by atoms with Crippen molar-refractivity contribution in [3.63, 3.8) is 0 Å². The molecule has 53 heavy (non-hydrogen) atoms. The lowest BCUT2D eigenvalue weighted by Crippen LogP contribution is -2.59. The molecule has 3 fully saturated rings. The molecule has 3 aliphatic heterocycles. The van der Waals surface area contributed by atoms with Gasteiger partial charge in [0.15, 0.2) is 0 Å². The highest BCUT2D eigenvalue weighted by Crippen LogP contribution is 2.69. The fourth-order valence-corrected chi connectivity index (χ4v) is 11.4. The number of nitrogens with zero attached hydrogens (tertiary/aromatic N) is 3. The van der Waals surface area contributed by atoms with Crippen molar-refractivity contribution in [2.24, 2.45) is 17.8 Å². The van der Waals surface area contributed by atoms with Crippen LogP contribution in [0.3, 0.4) is 0 Å². The number of amides is 3. The number of rotatable bonds is 14. The maximum absolute atomic E-state index is 15.5. The van der Waals surface area contributed by atoms with E-state index in [4.69, 9.17) is 4.74 Å². The van der Waals surface area contributed by atoms with Crippen molar-refractivity contribution in [3.8, 4) is 5.75 Å². The summed E-state index contributed by atoms with van der Waals surface area (Å²) in [7, 11) is 0. The van der Waals surface area contributed by atoms with Crippen LogP contribution in [-0.4, -0.2) is 76.1 Å². The van der Waals surface area contributed by atoms with E-state index in [-0.39, 0.29) is 48.6 Å². The van der Waals surface area contributed by atoms with Crippen LogP contribution in [0.25, 0.3) is 10.8 Å². The van der Waals surface area contributed by atoms with Gasteiger partial charge in [-0.25, -0.2) is 0 Å². The molecule has 2 bridgehead atoms. The zero-order valence-corrected chi connectivity index (χ0v) is 31.2. The number of hydrogen-bond acceptors (Lipinski definition) is 6. The van der Waals surface area contributed by atoms with Crippen molar-refractivity contribution in [1.29, 1.82) is 0 Å². The highest BCUT2D eigenvalue weighted by atomic mass is 32.2. The zero-order chi connectivity index (χ0) is 37.3. The summed E-state index contributed by atoms with van der Waals surface area (Å²) >= 11 is 1.63. The Bertz CT molecular complexity index is 2000. The van der Waals surface area contributed by atoms with E-state index in [2.05, 4.69) is 20.1 Å². The molecule has 0 aromatic heterocycles. The molecule has 274 valence electrons. The second-order valence-corrected chi connectivity index (χ2v) is 15.8. The Labute approximate surface area is 316 Å². The number of anilines is 2. The number of hydrogen-bond donors (Lipinski definition) is 1. The average Bonchev–Trinajstić information content (AvgIpc) is 3.78. The van der Waals surface area contributed by atoms with Crippen molar-refractivity contribution >= 4 is 51.6 Å². The molecule has 0 saturated carbocycles. The minimum absolute atomic E-state index is 0.0500. The molecule has 3 aliphatic rings. The van der Waals surface area contributed by atoms with E-state index in [1.54, 1.807) is 38.6 Å². The van der Waals surface area contributed by atoms with Crippen molar-refractivity contribution in [3.05, 3.63) is 128 Å². The van der Waals surface area contributed by atoms with Crippen molar-refractivity contribution < 1.29 is 24.2 Å². The summed E-state index contributed by atoms with van der Waals surface area (Å²) in [6, 6.07) is 29.5. The van der Waals surface area contributed by atoms with Crippen LogP contribution < -0.4 is 14.5 Å². The number of carbonyl (C=O) groups is 3. The van der Waals surface area contributed by atoms with Crippen LogP contribution in [0.2, 0.25) is 0 Å². The molecule has 7 atom stereocenters. The predicted octanol–water partition coefficient (Wildman–Crippen LogP) is 6.92. The number of ether oxygens (including phenoxy) is 1. The molecule has 3 saturated heterocycles. The number of aliphatic hydroxyl groups excluding tert-OH is 1. The lowest BCUT2D eigenvalue weighted by atomic mass is 9.65. The van der Waals surface area contributed by atoms with Gasteiger partial charge in [-0.15, -0.1) is 24.9 Å². The first kappa shape index (κ1) is 36.5. The van der Waals surface area contributed by atoms with Gasteiger partial charge in [0, 0.05) is 29.7 Å². The van der Waals surface area contributed by atoms with Gasteiger partial charge in [0.2, 0.25) is 11.8 Å². The maximum atomic E-state index is 15.5. The third kappa shape index (κ3) is 6.33. The topological polar surface area (TPSA) is 90.4 Å². The van der Waals surface area contributed by atoms with Gasteiger partial charge in [-0.05, 0) is 78.4 Å². The Balaban J connectivity index is 1.33. The van der Waals surface area contributed by atoms with E-state index in [1.165, 1.54) is 0 Å². The van der Waals surface area contributed by atoms with Crippen molar-refractivity contribution in [1.82, 2.24) is 4.90 Å². The second-order valence-electron chi connectivity index (χ2n) is 14.3. The summed E-state index contributed by atoms with van der Waals surface area (Å²) in [5, 5.41) is 12.9. The van der Waals surface area contributed by atoms with Gasteiger partial charge in [0.25, 0.3) is 5.91 Å². The number of aliphatic hydroxyl groups is 1. The molecule has 1 spiro atoms. The minimum atomic E-state index is -0.923. The largest absolute Gasteiger partial charge is 0.494 e. The molecule has 9 heteroatoms. The number of benzene rings is 4. The van der Waals surface area contributed by atoms with Crippen molar-refractivity contribution in [2.75, 3.05) is 36.1 Å². The first-order chi connectivity index (χ1) is 25.8. The van der Waals surface area contributed by atoms with E-state index in [1.807, 2.05) is 104 Å². The summed E-state index contributed by atoms with van der Waals surface area (Å²) in [6.07, 6.45) is 4.45. The van der Waals surface area contributed by atoms with Crippen LogP contribution in [0.4, 0.5) is 11.4 Å². The third-order valence-electron chi connectivity index (χ3n) is 11.3. The molecule has 4 aromatic rings. The molecular formula is C44H47N3O5S. The predicted molar refractivity (Wildman–Crippen MR) is 213 cm³/mol. The molecule has 3 unspecified atom stereocenters. The van der Waals surface area contributed by atoms with Gasteiger partial charge >= 0.3 is 0 Å². The van der Waals surface area contributed by atoms with Crippen LogP contribution in [0.15, 0.2) is 122 Å². The number of thioether (sulfide) groups is 1. The number of fused-ring (bicyclic) bond motifs is 2. The van der Waals surface area contributed by atoms with Crippen LogP contribution in [-0.2, 0) is 20.8 Å². The Hall–Kier alpha value is -4.86. The maximum Gasteiger partial charge on any atom is 0.251 e. The molecule has 7 rings (SSSR count). The first-order valence-electron chi connectivity index (χ1n) is 18.5. The molecule has 1 N–H and O–H groups in total. The Morgan fingerprint density at radius 1 is 0.925 bits per heavy atom. The third-order valence-corrected chi connectivity index (χ3v) is 13.4. The van der Waals surface area contributed by atoms with Crippen LogP contribution >= 0.6 is 11.8 Å². The van der Waals surface area contributed by atoms with Gasteiger partial charge in [0.1, 0.15) is 11.8 Å². The Kier molecular flexibility index (Phi) is 10.5. The fraction of sp³-hybridized carbons (Fsp3) is 0.341. The SMILES string of the molecule is C=CCN(C(=O)C1N([C@@H](CO)Cc2ccccc2)C(=O)[C@@H]2[C@@H](C(=O)N(CC=C)c3ccc(OCC)cc3)[C@H]3CC(C)C12S3)c1ccc2ccccc2c1. The summed E-state index contributed by atoms with van der Waals surface area (Å²) in [5.74, 6) is -1.41. The van der Waals surface area contributed by atoms with E-state index < -0.39 is 28.7 Å². The lowest BCUT2D eigenvalue weighted by Gasteiger charge is -2.42. The van der Waals surface area contributed by atoms with Gasteiger partial charge in [-0.3, -0.25) is 14.4 Å². The van der Waals surface area contributed by atoms with Gasteiger partial charge in [-0.2, -0.15) is 0 Å². The minimum Gasteiger partial charge on any atom is -0.494 e. The van der Waals surface area contributed by atoms with Crippen LogP contribution in [0.5, 0.6) is 5.75 Å². The van der Waals surface area contributed by atoms with E-state index in [9.17, 15) is 9.90 Å².